The summed E-state index contributed by atoms with van der Waals surface area (Å²) in [6.07, 6.45) is 0. The summed E-state index contributed by atoms with van der Waals surface area (Å²) in [7, 11) is 1.34. The van der Waals surface area contributed by atoms with Crippen LogP contribution in [0.4, 0.5) is 11.5 Å². The van der Waals surface area contributed by atoms with E-state index in [1.54, 1.807) is 37.3 Å². The molecule has 2 aromatic carbocycles. The summed E-state index contributed by atoms with van der Waals surface area (Å²) in [6, 6.07) is 16.3. The minimum absolute atomic E-state index is 0.276. The minimum atomic E-state index is -0.401. The van der Waals surface area contributed by atoms with Crippen LogP contribution < -0.4 is 10.6 Å². The first-order valence-electron chi connectivity index (χ1n) is 9.09. The van der Waals surface area contributed by atoms with Gasteiger partial charge in [0.05, 0.1) is 12.7 Å². The van der Waals surface area contributed by atoms with Gasteiger partial charge in [-0.05, 0) is 43.7 Å². The lowest BCUT2D eigenvalue weighted by Crippen LogP contribution is -2.24. The van der Waals surface area contributed by atoms with Crippen LogP contribution in [0.3, 0.4) is 0 Å². The quantitative estimate of drug-likeness (QED) is 0.625. The van der Waals surface area contributed by atoms with Crippen molar-refractivity contribution in [2.45, 2.75) is 20.4 Å². The lowest BCUT2D eigenvalue weighted by Gasteiger charge is -2.10. The molecule has 0 radical (unpaired) electrons. The van der Waals surface area contributed by atoms with Crippen molar-refractivity contribution >= 4 is 23.4 Å². The molecule has 7 heteroatoms. The van der Waals surface area contributed by atoms with Crippen molar-refractivity contribution in [1.29, 1.82) is 0 Å². The number of hydrogen-bond acceptors (Lipinski definition) is 6. The second kappa shape index (κ2) is 8.97. The van der Waals surface area contributed by atoms with Crippen molar-refractivity contribution in [3.05, 3.63) is 82.8 Å². The Morgan fingerprint density at radius 2 is 1.66 bits per heavy atom. The molecule has 0 atom stereocenters. The molecule has 0 spiro atoms. The molecular weight excluding hydrogens is 368 g/mol. The largest absolute Gasteiger partial charge is 0.465 e. The molecule has 0 aliphatic rings. The summed E-state index contributed by atoms with van der Waals surface area (Å²) < 4.78 is 4.69. The van der Waals surface area contributed by atoms with Crippen molar-refractivity contribution in [3.63, 3.8) is 0 Å². The van der Waals surface area contributed by atoms with Crippen LogP contribution in [-0.4, -0.2) is 29.0 Å². The summed E-state index contributed by atoms with van der Waals surface area (Å²) in [5.74, 6) is 0.285. The second-order valence-corrected chi connectivity index (χ2v) is 6.55. The number of esters is 1. The Labute approximate surface area is 169 Å². The minimum Gasteiger partial charge on any atom is -0.465 e. The Kier molecular flexibility index (Phi) is 6.19. The lowest BCUT2D eigenvalue weighted by atomic mass is 10.1. The zero-order valence-corrected chi connectivity index (χ0v) is 16.5. The van der Waals surface area contributed by atoms with E-state index < -0.39 is 5.97 Å². The smallest absolute Gasteiger partial charge is 0.337 e. The van der Waals surface area contributed by atoms with Gasteiger partial charge in [0.25, 0.3) is 5.91 Å². The van der Waals surface area contributed by atoms with Gasteiger partial charge in [-0.3, -0.25) is 4.79 Å². The Balaban J connectivity index is 1.69. The summed E-state index contributed by atoms with van der Waals surface area (Å²) in [5, 5.41) is 5.99. The number of rotatable bonds is 6. The number of amides is 1. The number of nitrogens with zero attached hydrogens (tertiary/aromatic N) is 2. The van der Waals surface area contributed by atoms with Gasteiger partial charge in [-0.2, -0.15) is 0 Å². The monoisotopic (exact) mass is 390 g/mol. The van der Waals surface area contributed by atoms with Crippen LogP contribution in [0.25, 0.3) is 0 Å². The van der Waals surface area contributed by atoms with Crippen LogP contribution in [0.1, 0.15) is 37.8 Å². The summed E-state index contributed by atoms with van der Waals surface area (Å²) in [5.41, 5.74) is 3.63. The molecule has 2 N–H and O–H groups in total. The maximum Gasteiger partial charge on any atom is 0.337 e. The Bertz CT molecular complexity index is 1020. The molecule has 0 bridgehead atoms. The summed E-state index contributed by atoms with van der Waals surface area (Å²) >= 11 is 0. The molecule has 0 fully saturated rings. The number of ether oxygens (including phenoxy) is 1. The summed E-state index contributed by atoms with van der Waals surface area (Å²) in [6.45, 7) is 4.16. The highest BCUT2D eigenvalue weighted by Gasteiger charge is 2.11. The molecule has 0 aliphatic carbocycles. The van der Waals surface area contributed by atoms with Crippen LogP contribution in [0.5, 0.6) is 0 Å². The number of carbonyl (C=O) groups is 2. The standard InChI is InChI=1S/C22H22N4O3/c1-14-4-6-16(7-5-14)13-23-21(27)19-12-20(25-15(2)24-19)26-18-10-8-17(9-11-18)22(28)29-3/h4-12H,13H2,1-3H3,(H,23,27)(H,24,25,26). The van der Waals surface area contributed by atoms with Gasteiger partial charge in [-0.15, -0.1) is 0 Å². The van der Waals surface area contributed by atoms with Crippen LogP contribution in [0.15, 0.2) is 54.6 Å². The van der Waals surface area contributed by atoms with E-state index in [9.17, 15) is 9.59 Å². The molecule has 3 rings (SSSR count). The zero-order valence-electron chi connectivity index (χ0n) is 16.5. The van der Waals surface area contributed by atoms with E-state index in [2.05, 4.69) is 25.3 Å². The maximum absolute atomic E-state index is 12.5. The predicted octanol–water partition coefficient (Wildman–Crippen LogP) is 3.55. The fourth-order valence-electron chi connectivity index (χ4n) is 2.68. The molecule has 0 unspecified atom stereocenters. The first-order valence-corrected chi connectivity index (χ1v) is 9.09. The molecule has 7 nitrogen and oxygen atoms in total. The van der Waals surface area contributed by atoms with Crippen LogP contribution in [0, 0.1) is 13.8 Å². The number of hydrogen-bond donors (Lipinski definition) is 2. The molecule has 1 aromatic heterocycles. The molecule has 3 aromatic rings. The van der Waals surface area contributed by atoms with Crippen LogP contribution in [0.2, 0.25) is 0 Å². The van der Waals surface area contributed by atoms with Crippen molar-refractivity contribution in [2.24, 2.45) is 0 Å². The SMILES string of the molecule is COC(=O)c1ccc(Nc2cc(C(=O)NCc3ccc(C)cc3)nc(C)n2)cc1. The van der Waals surface area contributed by atoms with E-state index in [0.29, 0.717) is 23.8 Å². The van der Waals surface area contributed by atoms with E-state index in [4.69, 9.17) is 0 Å². The van der Waals surface area contributed by atoms with Crippen molar-refractivity contribution in [1.82, 2.24) is 15.3 Å². The van der Waals surface area contributed by atoms with E-state index in [-0.39, 0.29) is 11.6 Å². The molecule has 1 heterocycles. The molecular formula is C22H22N4O3. The Morgan fingerprint density at radius 1 is 0.966 bits per heavy atom. The third-order valence-electron chi connectivity index (χ3n) is 4.22. The molecule has 0 aliphatic heterocycles. The van der Waals surface area contributed by atoms with Gasteiger partial charge in [0.2, 0.25) is 0 Å². The maximum atomic E-state index is 12.5. The van der Waals surface area contributed by atoms with Gasteiger partial charge >= 0.3 is 5.97 Å². The van der Waals surface area contributed by atoms with Crippen molar-refractivity contribution < 1.29 is 14.3 Å². The molecule has 148 valence electrons. The third kappa shape index (κ3) is 5.38. The first kappa shape index (κ1) is 20.0. The molecule has 1 amide bonds. The molecule has 0 saturated carbocycles. The van der Waals surface area contributed by atoms with Gasteiger partial charge in [-0.25, -0.2) is 14.8 Å². The summed E-state index contributed by atoms with van der Waals surface area (Å²) in [4.78, 5) is 32.6. The van der Waals surface area contributed by atoms with E-state index in [1.165, 1.54) is 12.7 Å². The fraction of sp³-hybridized carbons (Fsp3) is 0.182. The Hall–Kier alpha value is -3.74. The second-order valence-electron chi connectivity index (χ2n) is 6.55. The van der Waals surface area contributed by atoms with Gasteiger partial charge in [0.15, 0.2) is 0 Å². The van der Waals surface area contributed by atoms with Crippen LogP contribution in [-0.2, 0) is 11.3 Å². The average molecular weight is 390 g/mol. The number of aromatic nitrogens is 2. The number of anilines is 2. The Morgan fingerprint density at radius 3 is 2.31 bits per heavy atom. The normalized spacial score (nSPS) is 10.3. The van der Waals surface area contributed by atoms with E-state index in [1.807, 2.05) is 31.2 Å². The fourth-order valence-corrected chi connectivity index (χ4v) is 2.68. The highest BCUT2D eigenvalue weighted by molar-refractivity contribution is 5.93. The van der Waals surface area contributed by atoms with Crippen molar-refractivity contribution in [3.8, 4) is 0 Å². The first-order chi connectivity index (χ1) is 13.9. The zero-order chi connectivity index (χ0) is 20.8. The highest BCUT2D eigenvalue weighted by Crippen LogP contribution is 2.17. The topological polar surface area (TPSA) is 93.2 Å². The number of methoxy groups -OCH3 is 1. The number of carbonyl (C=O) groups excluding carboxylic acids is 2. The molecule has 29 heavy (non-hydrogen) atoms. The van der Waals surface area contributed by atoms with E-state index in [0.717, 1.165) is 11.3 Å². The number of nitrogens with one attached hydrogen (secondary N) is 2. The lowest BCUT2D eigenvalue weighted by molar-refractivity contribution is 0.0600. The highest BCUT2D eigenvalue weighted by atomic mass is 16.5. The van der Waals surface area contributed by atoms with Crippen LogP contribution >= 0.6 is 0 Å². The number of benzene rings is 2. The van der Waals surface area contributed by atoms with Gasteiger partial charge in [0, 0.05) is 18.3 Å². The van der Waals surface area contributed by atoms with Gasteiger partial charge < -0.3 is 15.4 Å². The third-order valence-corrected chi connectivity index (χ3v) is 4.22. The van der Waals surface area contributed by atoms with Crippen molar-refractivity contribution in [2.75, 3.05) is 12.4 Å². The predicted molar refractivity (Wildman–Crippen MR) is 110 cm³/mol. The van der Waals surface area contributed by atoms with E-state index >= 15 is 0 Å². The average Bonchev–Trinajstić information content (AvgIpc) is 2.72. The number of aryl methyl sites for hydroxylation is 2. The van der Waals surface area contributed by atoms with Gasteiger partial charge in [-0.1, -0.05) is 29.8 Å². The van der Waals surface area contributed by atoms with Gasteiger partial charge in [0.1, 0.15) is 17.3 Å². The molecule has 0 saturated heterocycles.